The molecule has 1 fully saturated rings. The lowest BCUT2D eigenvalue weighted by atomic mass is 10.0. The van der Waals surface area contributed by atoms with Gasteiger partial charge in [0, 0.05) is 35.6 Å². The molecule has 0 spiro atoms. The van der Waals surface area contributed by atoms with E-state index in [0.29, 0.717) is 22.5 Å². The maximum Gasteiger partial charge on any atom is 0.340 e. The van der Waals surface area contributed by atoms with Crippen LogP contribution in [0.15, 0.2) is 40.8 Å². The summed E-state index contributed by atoms with van der Waals surface area (Å²) in [6.45, 7) is 8.74. The fourth-order valence-electron chi connectivity index (χ4n) is 4.00. The van der Waals surface area contributed by atoms with E-state index in [2.05, 4.69) is 26.8 Å². The Labute approximate surface area is 191 Å². The number of esters is 1. The molecular formula is C24H28N4O3S. The van der Waals surface area contributed by atoms with Crippen LogP contribution >= 0.6 is 11.3 Å². The number of aromatic amines is 1. The first-order valence-electron chi connectivity index (χ1n) is 11.0. The van der Waals surface area contributed by atoms with E-state index in [1.54, 1.807) is 18.5 Å². The lowest BCUT2D eigenvalue weighted by molar-refractivity contribution is 0.00755. The lowest BCUT2D eigenvalue weighted by Gasteiger charge is -2.31. The minimum absolute atomic E-state index is 0.0272. The molecule has 0 saturated carbocycles. The second-order valence-electron chi connectivity index (χ2n) is 8.33. The summed E-state index contributed by atoms with van der Waals surface area (Å²) < 4.78 is 5.88. The van der Waals surface area contributed by atoms with Crippen LogP contribution < -0.4 is 5.56 Å². The number of ether oxygens (including phenoxy) is 1. The van der Waals surface area contributed by atoms with Crippen molar-refractivity contribution in [3.8, 4) is 21.8 Å². The molecule has 0 amide bonds. The molecule has 1 aliphatic heterocycles. The number of piperidine rings is 1. The van der Waals surface area contributed by atoms with Gasteiger partial charge in [0.15, 0.2) is 0 Å². The molecule has 0 radical (unpaired) electrons. The molecule has 1 N–H and O–H groups in total. The maximum absolute atomic E-state index is 13.2. The van der Waals surface area contributed by atoms with Crippen molar-refractivity contribution >= 4 is 17.3 Å². The summed E-state index contributed by atoms with van der Waals surface area (Å²) in [5, 5.41) is 2.63. The Morgan fingerprint density at radius 3 is 2.84 bits per heavy atom. The first-order valence-corrected chi connectivity index (χ1v) is 11.9. The van der Waals surface area contributed by atoms with Crippen LogP contribution in [0.1, 0.15) is 55.6 Å². The molecule has 0 bridgehead atoms. The van der Waals surface area contributed by atoms with Crippen molar-refractivity contribution in [2.24, 2.45) is 0 Å². The van der Waals surface area contributed by atoms with Crippen LogP contribution in [0.25, 0.3) is 21.8 Å². The second kappa shape index (κ2) is 9.75. The summed E-state index contributed by atoms with van der Waals surface area (Å²) in [7, 11) is 0. The standard InChI is InChI=1S/C24H28N4O3S/c1-4-28-11-5-6-17(13-28)31-24(30)19-12-18(22(29)27-21(19)15(2)3)20-14-32-23(26-20)16-7-9-25-10-8-16/h7-10,12,14-15,17H,4-6,11,13H2,1-3H3,(H,27,29). The lowest BCUT2D eigenvalue weighted by Crippen LogP contribution is -2.40. The smallest absolute Gasteiger partial charge is 0.340 e. The van der Waals surface area contributed by atoms with Crippen LogP contribution in [-0.2, 0) is 4.74 Å². The van der Waals surface area contributed by atoms with E-state index in [0.717, 1.165) is 43.0 Å². The molecule has 1 unspecified atom stereocenters. The van der Waals surface area contributed by atoms with Gasteiger partial charge in [0.2, 0.25) is 0 Å². The van der Waals surface area contributed by atoms with Crippen LogP contribution in [0.3, 0.4) is 0 Å². The van der Waals surface area contributed by atoms with E-state index in [1.807, 2.05) is 31.4 Å². The average molecular weight is 453 g/mol. The molecular weight excluding hydrogens is 424 g/mol. The van der Waals surface area contributed by atoms with E-state index >= 15 is 0 Å². The van der Waals surface area contributed by atoms with Gasteiger partial charge in [-0.3, -0.25) is 14.7 Å². The van der Waals surface area contributed by atoms with E-state index in [4.69, 9.17) is 4.74 Å². The topological polar surface area (TPSA) is 88.2 Å². The number of pyridine rings is 2. The number of likely N-dealkylation sites (tertiary alicyclic amines) is 1. The highest BCUT2D eigenvalue weighted by atomic mass is 32.1. The van der Waals surface area contributed by atoms with Crippen LogP contribution in [0.2, 0.25) is 0 Å². The van der Waals surface area contributed by atoms with E-state index in [9.17, 15) is 9.59 Å². The van der Waals surface area contributed by atoms with Crippen molar-refractivity contribution in [3.63, 3.8) is 0 Å². The first-order chi connectivity index (χ1) is 15.5. The van der Waals surface area contributed by atoms with Crippen LogP contribution in [0.5, 0.6) is 0 Å². The highest BCUT2D eigenvalue weighted by Gasteiger charge is 2.26. The van der Waals surface area contributed by atoms with Gasteiger partial charge in [-0.1, -0.05) is 20.8 Å². The van der Waals surface area contributed by atoms with Gasteiger partial charge in [-0.15, -0.1) is 11.3 Å². The predicted octanol–water partition coefficient (Wildman–Crippen LogP) is 4.32. The van der Waals surface area contributed by atoms with Crippen molar-refractivity contribution in [3.05, 3.63) is 57.6 Å². The van der Waals surface area contributed by atoms with E-state index in [1.165, 1.54) is 11.3 Å². The zero-order chi connectivity index (χ0) is 22.7. The summed E-state index contributed by atoms with van der Waals surface area (Å²) >= 11 is 1.45. The number of nitrogens with zero attached hydrogens (tertiary/aromatic N) is 3. The monoisotopic (exact) mass is 452 g/mol. The average Bonchev–Trinajstić information content (AvgIpc) is 3.29. The van der Waals surface area contributed by atoms with Gasteiger partial charge in [0.1, 0.15) is 11.1 Å². The number of thiazole rings is 1. The third-order valence-electron chi connectivity index (χ3n) is 5.76. The van der Waals surface area contributed by atoms with Gasteiger partial charge in [-0.25, -0.2) is 9.78 Å². The summed E-state index contributed by atoms with van der Waals surface area (Å²) in [6.07, 6.45) is 5.15. The third-order valence-corrected chi connectivity index (χ3v) is 6.65. The maximum atomic E-state index is 13.2. The number of hydrogen-bond acceptors (Lipinski definition) is 7. The van der Waals surface area contributed by atoms with Gasteiger partial charge in [-0.05, 0) is 50.0 Å². The third kappa shape index (κ3) is 4.81. The Bertz CT molecular complexity index is 1140. The number of hydrogen-bond donors (Lipinski definition) is 1. The normalized spacial score (nSPS) is 16.9. The zero-order valence-corrected chi connectivity index (χ0v) is 19.4. The molecule has 1 atom stereocenters. The quantitative estimate of drug-likeness (QED) is 0.560. The molecule has 32 heavy (non-hydrogen) atoms. The number of nitrogens with one attached hydrogen (secondary N) is 1. The molecule has 3 aromatic heterocycles. The molecule has 1 saturated heterocycles. The van der Waals surface area contributed by atoms with Crippen molar-refractivity contribution < 1.29 is 9.53 Å². The number of carbonyl (C=O) groups is 1. The second-order valence-corrected chi connectivity index (χ2v) is 9.19. The van der Waals surface area contributed by atoms with Crippen LogP contribution in [0.4, 0.5) is 0 Å². The van der Waals surface area contributed by atoms with Gasteiger partial charge in [0.25, 0.3) is 5.56 Å². The number of likely N-dealkylation sites (N-methyl/N-ethyl adjacent to an activating group) is 1. The van der Waals surface area contributed by atoms with Crippen LogP contribution in [-0.4, -0.2) is 51.6 Å². The number of aromatic nitrogens is 3. The largest absolute Gasteiger partial charge is 0.457 e. The highest BCUT2D eigenvalue weighted by Crippen LogP contribution is 2.29. The molecule has 7 nitrogen and oxygen atoms in total. The molecule has 0 aromatic carbocycles. The molecule has 4 rings (SSSR count). The molecule has 1 aliphatic rings. The zero-order valence-electron chi connectivity index (χ0n) is 18.6. The van der Waals surface area contributed by atoms with E-state index < -0.39 is 5.97 Å². The number of H-pyrrole nitrogens is 1. The van der Waals surface area contributed by atoms with Crippen molar-refractivity contribution in [1.82, 2.24) is 19.9 Å². The van der Waals surface area contributed by atoms with Gasteiger partial charge >= 0.3 is 5.97 Å². The van der Waals surface area contributed by atoms with E-state index in [-0.39, 0.29) is 17.6 Å². The van der Waals surface area contributed by atoms with Crippen molar-refractivity contribution in [2.45, 2.75) is 45.6 Å². The number of rotatable bonds is 6. The fourth-order valence-corrected chi connectivity index (χ4v) is 4.82. The SMILES string of the molecule is CCN1CCCC(OC(=O)c2cc(-c3csc(-c4ccncc4)n3)c(=O)[nH]c2C(C)C)C1. The predicted molar refractivity (Wildman–Crippen MR) is 126 cm³/mol. The summed E-state index contributed by atoms with van der Waals surface area (Å²) in [5.41, 5.74) is 2.59. The molecule has 8 heteroatoms. The summed E-state index contributed by atoms with van der Waals surface area (Å²) in [4.78, 5) is 39.9. The Kier molecular flexibility index (Phi) is 6.81. The Morgan fingerprint density at radius 1 is 1.34 bits per heavy atom. The van der Waals surface area contributed by atoms with Crippen LogP contribution in [0, 0.1) is 0 Å². The minimum Gasteiger partial charge on any atom is -0.457 e. The molecule has 4 heterocycles. The fraction of sp³-hybridized carbons (Fsp3) is 0.417. The molecule has 3 aromatic rings. The van der Waals surface area contributed by atoms with Gasteiger partial charge in [-0.2, -0.15) is 0 Å². The Balaban J connectivity index is 1.66. The van der Waals surface area contributed by atoms with Gasteiger partial charge in [0.05, 0.1) is 16.8 Å². The Morgan fingerprint density at radius 2 is 2.12 bits per heavy atom. The minimum atomic E-state index is -0.390. The van der Waals surface area contributed by atoms with Gasteiger partial charge < -0.3 is 9.72 Å². The Hall–Kier alpha value is -2.84. The van der Waals surface area contributed by atoms with Crippen molar-refractivity contribution in [1.29, 1.82) is 0 Å². The van der Waals surface area contributed by atoms with Crippen molar-refractivity contribution in [2.75, 3.05) is 19.6 Å². The number of carbonyl (C=O) groups excluding carboxylic acids is 1. The molecule has 0 aliphatic carbocycles. The summed E-state index contributed by atoms with van der Waals surface area (Å²) in [6, 6.07) is 5.39. The summed E-state index contributed by atoms with van der Waals surface area (Å²) in [5.74, 6) is -0.417. The first kappa shape index (κ1) is 22.4. The molecule has 168 valence electrons. The highest BCUT2D eigenvalue weighted by molar-refractivity contribution is 7.13.